The van der Waals surface area contributed by atoms with Gasteiger partial charge in [-0.1, -0.05) is 0 Å². The van der Waals surface area contributed by atoms with E-state index >= 15 is 0 Å². The first kappa shape index (κ1) is 23.4. The third kappa shape index (κ3) is 5.51. The standard InChI is InChI=1S/C20H23F2N5O4S/c1-2-31-20(30)27-16-13(21)6-10(7-14(16)22)17-15(26-19(23)29)12(9-32-17)18(28)25-11-4-3-5-24-8-11/h6-7,9,11,24H,2-5,8H2,1H3,(H,25,28)(H,27,30)(H3,23,26,29)/t11-/m0/s1. The lowest BCUT2D eigenvalue weighted by Gasteiger charge is -2.23. The van der Waals surface area contributed by atoms with Crippen LogP contribution in [0.15, 0.2) is 17.5 Å². The lowest BCUT2D eigenvalue weighted by molar-refractivity contribution is 0.0932. The van der Waals surface area contributed by atoms with Gasteiger partial charge in [0.1, 0.15) is 17.3 Å². The van der Waals surface area contributed by atoms with Gasteiger partial charge in [0.15, 0.2) is 0 Å². The summed E-state index contributed by atoms with van der Waals surface area (Å²) in [7, 11) is 0. The molecule has 1 aromatic heterocycles. The van der Waals surface area contributed by atoms with Crippen LogP contribution < -0.4 is 27.0 Å². The van der Waals surface area contributed by atoms with Gasteiger partial charge in [0.25, 0.3) is 5.91 Å². The van der Waals surface area contributed by atoms with Crippen molar-refractivity contribution in [2.75, 3.05) is 30.3 Å². The van der Waals surface area contributed by atoms with Crippen LogP contribution in [0.2, 0.25) is 0 Å². The molecule has 12 heteroatoms. The number of carbonyl (C=O) groups excluding carboxylic acids is 3. The van der Waals surface area contributed by atoms with E-state index in [2.05, 4.69) is 20.7 Å². The number of halogens is 2. The van der Waals surface area contributed by atoms with Crippen molar-refractivity contribution < 1.29 is 27.9 Å². The van der Waals surface area contributed by atoms with Gasteiger partial charge in [-0.3, -0.25) is 10.1 Å². The molecule has 1 aliphatic rings. The van der Waals surface area contributed by atoms with Crippen molar-refractivity contribution in [1.29, 1.82) is 0 Å². The summed E-state index contributed by atoms with van der Waals surface area (Å²) in [5.74, 6) is -2.54. The average Bonchev–Trinajstić information content (AvgIpc) is 3.14. The number of rotatable bonds is 6. The highest BCUT2D eigenvalue weighted by Gasteiger charge is 2.24. The Hall–Kier alpha value is -3.25. The summed E-state index contributed by atoms with van der Waals surface area (Å²) in [5, 5.41) is 11.9. The fourth-order valence-electron chi connectivity index (χ4n) is 3.32. The summed E-state index contributed by atoms with van der Waals surface area (Å²) in [4.78, 5) is 36.1. The van der Waals surface area contributed by atoms with Crippen molar-refractivity contribution in [3.05, 3.63) is 34.7 Å². The van der Waals surface area contributed by atoms with Crippen LogP contribution in [0.5, 0.6) is 0 Å². The zero-order valence-corrected chi connectivity index (χ0v) is 18.0. The quantitative estimate of drug-likeness (QED) is 0.445. The SMILES string of the molecule is CCOC(=O)Nc1c(F)cc(-c2scc(C(=O)N[C@H]3CCCNC3)c2NC(N)=O)cc1F. The summed E-state index contributed by atoms with van der Waals surface area (Å²) in [5.41, 5.74) is 4.82. The number of hydrogen-bond acceptors (Lipinski definition) is 6. The zero-order chi connectivity index (χ0) is 23.3. The highest BCUT2D eigenvalue weighted by molar-refractivity contribution is 7.14. The van der Waals surface area contributed by atoms with Gasteiger partial charge in [-0.2, -0.15) is 0 Å². The van der Waals surface area contributed by atoms with E-state index < -0.39 is 35.4 Å². The minimum atomic E-state index is -1.05. The minimum absolute atomic E-state index is 0.0340. The van der Waals surface area contributed by atoms with E-state index in [1.165, 1.54) is 5.38 Å². The molecule has 0 spiro atoms. The van der Waals surface area contributed by atoms with Crippen LogP contribution in [0.4, 0.5) is 29.7 Å². The molecule has 6 N–H and O–H groups in total. The molecule has 4 amide bonds. The Morgan fingerprint density at radius 2 is 1.94 bits per heavy atom. The van der Waals surface area contributed by atoms with Crippen LogP contribution in [0, 0.1) is 11.6 Å². The number of amides is 4. The first-order valence-electron chi connectivity index (χ1n) is 9.92. The Kier molecular flexibility index (Phi) is 7.59. The third-order valence-corrected chi connectivity index (χ3v) is 5.75. The minimum Gasteiger partial charge on any atom is -0.450 e. The van der Waals surface area contributed by atoms with Gasteiger partial charge >= 0.3 is 12.1 Å². The first-order chi connectivity index (χ1) is 15.3. The van der Waals surface area contributed by atoms with Gasteiger partial charge in [-0.25, -0.2) is 18.4 Å². The van der Waals surface area contributed by atoms with E-state index in [4.69, 9.17) is 5.73 Å². The lowest BCUT2D eigenvalue weighted by Crippen LogP contribution is -2.45. The molecular formula is C20H23F2N5O4S. The number of carbonyl (C=O) groups is 3. The zero-order valence-electron chi connectivity index (χ0n) is 17.2. The van der Waals surface area contributed by atoms with Crippen molar-refractivity contribution in [3.8, 4) is 10.4 Å². The van der Waals surface area contributed by atoms with Crippen LogP contribution in [-0.2, 0) is 4.74 Å². The highest BCUT2D eigenvalue weighted by Crippen LogP contribution is 2.39. The monoisotopic (exact) mass is 467 g/mol. The summed E-state index contributed by atoms with van der Waals surface area (Å²) >= 11 is 1.01. The number of primary amides is 1. The number of thiophene rings is 1. The molecule has 0 bridgehead atoms. The number of nitrogens with one attached hydrogen (secondary N) is 4. The van der Waals surface area contributed by atoms with Crippen molar-refractivity contribution in [2.24, 2.45) is 5.73 Å². The van der Waals surface area contributed by atoms with Gasteiger partial charge in [-0.05, 0) is 44.0 Å². The average molecular weight is 467 g/mol. The van der Waals surface area contributed by atoms with Gasteiger partial charge < -0.3 is 26.4 Å². The molecular weight excluding hydrogens is 444 g/mol. The molecule has 9 nitrogen and oxygen atoms in total. The maximum absolute atomic E-state index is 14.6. The van der Waals surface area contributed by atoms with Crippen molar-refractivity contribution in [3.63, 3.8) is 0 Å². The molecule has 1 fully saturated rings. The molecule has 2 heterocycles. The molecule has 0 radical (unpaired) electrons. The highest BCUT2D eigenvalue weighted by atomic mass is 32.1. The third-order valence-electron chi connectivity index (χ3n) is 4.72. The summed E-state index contributed by atoms with van der Waals surface area (Å²) < 4.78 is 33.8. The van der Waals surface area contributed by atoms with Gasteiger partial charge in [0.05, 0.1) is 22.7 Å². The molecule has 1 saturated heterocycles. The smallest absolute Gasteiger partial charge is 0.411 e. The summed E-state index contributed by atoms with van der Waals surface area (Å²) in [6, 6.07) is 0.953. The predicted molar refractivity (Wildman–Crippen MR) is 117 cm³/mol. The second-order valence-electron chi connectivity index (χ2n) is 7.02. The maximum atomic E-state index is 14.6. The molecule has 3 rings (SSSR count). The van der Waals surface area contributed by atoms with E-state index in [1.54, 1.807) is 6.92 Å². The van der Waals surface area contributed by atoms with Crippen LogP contribution in [0.1, 0.15) is 30.1 Å². The van der Waals surface area contributed by atoms with Crippen molar-refractivity contribution in [2.45, 2.75) is 25.8 Å². The Morgan fingerprint density at radius 1 is 1.22 bits per heavy atom. The van der Waals surface area contributed by atoms with E-state index in [1.807, 2.05) is 5.32 Å². The number of piperidine rings is 1. The van der Waals surface area contributed by atoms with Gasteiger partial charge in [0, 0.05) is 18.0 Å². The Morgan fingerprint density at radius 3 is 2.53 bits per heavy atom. The van der Waals surface area contributed by atoms with E-state index in [0.29, 0.717) is 6.54 Å². The normalized spacial score (nSPS) is 15.7. The fraction of sp³-hybridized carbons (Fsp3) is 0.350. The first-order valence-corrected chi connectivity index (χ1v) is 10.8. The molecule has 2 aromatic rings. The number of benzene rings is 1. The molecule has 0 saturated carbocycles. The molecule has 1 aromatic carbocycles. The molecule has 0 aliphatic carbocycles. The van der Waals surface area contributed by atoms with Gasteiger partial charge in [-0.15, -0.1) is 11.3 Å². The van der Waals surface area contributed by atoms with E-state index in [9.17, 15) is 23.2 Å². The lowest BCUT2D eigenvalue weighted by atomic mass is 10.1. The van der Waals surface area contributed by atoms with Crippen LogP contribution in [0.25, 0.3) is 10.4 Å². The Labute approximate surface area is 186 Å². The van der Waals surface area contributed by atoms with Crippen molar-refractivity contribution >= 4 is 40.7 Å². The van der Waals surface area contributed by atoms with Gasteiger partial charge in [0.2, 0.25) is 0 Å². The topological polar surface area (TPSA) is 135 Å². The Balaban J connectivity index is 1.92. The second kappa shape index (κ2) is 10.4. The molecule has 0 unspecified atom stereocenters. The number of urea groups is 1. The predicted octanol–water partition coefficient (Wildman–Crippen LogP) is 3.23. The van der Waals surface area contributed by atoms with E-state index in [0.717, 1.165) is 42.9 Å². The molecule has 172 valence electrons. The number of ether oxygens (including phenoxy) is 1. The summed E-state index contributed by atoms with van der Waals surface area (Å²) in [6.45, 7) is 3.08. The van der Waals surface area contributed by atoms with Crippen LogP contribution in [0.3, 0.4) is 0 Å². The molecule has 1 atom stereocenters. The van der Waals surface area contributed by atoms with Crippen LogP contribution >= 0.6 is 11.3 Å². The van der Waals surface area contributed by atoms with Crippen molar-refractivity contribution in [1.82, 2.24) is 10.6 Å². The fourth-order valence-corrected chi connectivity index (χ4v) is 4.31. The Bertz CT molecular complexity index is 1000. The number of hydrogen-bond donors (Lipinski definition) is 5. The molecule has 1 aliphatic heterocycles. The maximum Gasteiger partial charge on any atom is 0.411 e. The number of anilines is 2. The number of nitrogens with two attached hydrogens (primary N) is 1. The van der Waals surface area contributed by atoms with E-state index in [-0.39, 0.29) is 34.3 Å². The second-order valence-corrected chi connectivity index (χ2v) is 7.90. The summed E-state index contributed by atoms with van der Waals surface area (Å²) in [6.07, 6.45) is 0.720. The van der Waals surface area contributed by atoms with Crippen LogP contribution in [-0.4, -0.2) is 43.8 Å². The molecule has 32 heavy (non-hydrogen) atoms. The largest absolute Gasteiger partial charge is 0.450 e.